The molecular formula is C13H17NO4. The molecule has 18 heavy (non-hydrogen) atoms. The minimum Gasteiger partial charge on any atom is -0.465 e. The van der Waals surface area contributed by atoms with Crippen molar-refractivity contribution in [1.82, 2.24) is 4.90 Å². The lowest BCUT2D eigenvalue weighted by Gasteiger charge is -2.25. The van der Waals surface area contributed by atoms with Gasteiger partial charge in [0, 0.05) is 25.7 Å². The number of rotatable bonds is 5. The third-order valence-electron chi connectivity index (χ3n) is 2.68. The van der Waals surface area contributed by atoms with Crippen molar-refractivity contribution in [2.75, 3.05) is 39.5 Å². The van der Waals surface area contributed by atoms with E-state index >= 15 is 0 Å². The van der Waals surface area contributed by atoms with E-state index in [-0.39, 0.29) is 5.97 Å². The predicted molar refractivity (Wildman–Crippen MR) is 66.0 cm³/mol. The number of carbonyl (C=O) groups excluding carboxylic acids is 1. The van der Waals surface area contributed by atoms with Gasteiger partial charge in [-0.15, -0.1) is 0 Å². The maximum atomic E-state index is 11.4. The molecule has 98 valence electrons. The summed E-state index contributed by atoms with van der Waals surface area (Å²) in [7, 11) is 0. The predicted octanol–water partition coefficient (Wildman–Crippen LogP) is 1.17. The van der Waals surface area contributed by atoms with Gasteiger partial charge in [-0.25, -0.2) is 4.79 Å². The van der Waals surface area contributed by atoms with Gasteiger partial charge in [0.05, 0.1) is 19.5 Å². The van der Waals surface area contributed by atoms with Crippen LogP contribution in [0.1, 0.15) is 5.76 Å². The number of hydrogen-bond acceptors (Lipinski definition) is 5. The first-order chi connectivity index (χ1) is 8.84. The average molecular weight is 251 g/mol. The maximum absolute atomic E-state index is 11.4. The highest BCUT2D eigenvalue weighted by Gasteiger charge is 2.10. The van der Waals surface area contributed by atoms with Crippen LogP contribution in [0.3, 0.4) is 0 Å². The summed E-state index contributed by atoms with van der Waals surface area (Å²) in [5, 5.41) is 0. The Morgan fingerprint density at radius 2 is 2.28 bits per heavy atom. The fraction of sp³-hybridized carbons (Fsp3) is 0.462. The van der Waals surface area contributed by atoms with Crippen LogP contribution in [0.4, 0.5) is 0 Å². The van der Waals surface area contributed by atoms with E-state index in [4.69, 9.17) is 13.9 Å². The van der Waals surface area contributed by atoms with E-state index in [1.807, 2.05) is 0 Å². The van der Waals surface area contributed by atoms with Crippen LogP contribution in [0.25, 0.3) is 6.08 Å². The SMILES string of the molecule is O=C(C=Cc1ccco1)OCCN1CCOCC1. The Morgan fingerprint density at radius 3 is 3.00 bits per heavy atom. The number of morpholine rings is 1. The van der Waals surface area contributed by atoms with E-state index in [1.54, 1.807) is 24.5 Å². The summed E-state index contributed by atoms with van der Waals surface area (Å²) in [6.45, 7) is 4.48. The normalized spacial score (nSPS) is 17.1. The second-order valence-electron chi connectivity index (χ2n) is 3.97. The van der Waals surface area contributed by atoms with Crippen molar-refractivity contribution < 1.29 is 18.7 Å². The maximum Gasteiger partial charge on any atom is 0.330 e. The molecule has 0 N–H and O–H groups in total. The fourth-order valence-corrected chi connectivity index (χ4v) is 1.68. The number of nitrogens with zero attached hydrogens (tertiary/aromatic N) is 1. The Bertz CT molecular complexity index is 380. The molecule has 0 bridgehead atoms. The molecule has 0 aliphatic carbocycles. The molecule has 1 fully saturated rings. The third-order valence-corrected chi connectivity index (χ3v) is 2.68. The Balaban J connectivity index is 1.62. The summed E-state index contributed by atoms with van der Waals surface area (Å²) < 4.78 is 15.4. The molecule has 0 saturated carbocycles. The lowest BCUT2D eigenvalue weighted by Crippen LogP contribution is -2.38. The van der Waals surface area contributed by atoms with Gasteiger partial charge in [-0.1, -0.05) is 0 Å². The molecule has 1 aromatic heterocycles. The molecule has 2 rings (SSSR count). The van der Waals surface area contributed by atoms with Crippen LogP contribution in [0.2, 0.25) is 0 Å². The van der Waals surface area contributed by atoms with Crippen molar-refractivity contribution in [3.8, 4) is 0 Å². The molecule has 1 aromatic rings. The molecule has 0 radical (unpaired) electrons. The van der Waals surface area contributed by atoms with E-state index in [2.05, 4.69) is 4.90 Å². The molecule has 1 saturated heterocycles. The highest BCUT2D eigenvalue weighted by molar-refractivity contribution is 5.86. The van der Waals surface area contributed by atoms with Gasteiger partial charge in [-0.05, 0) is 18.2 Å². The Morgan fingerprint density at radius 1 is 1.44 bits per heavy atom. The van der Waals surface area contributed by atoms with Gasteiger partial charge in [0.15, 0.2) is 0 Å². The minimum absolute atomic E-state index is 0.348. The van der Waals surface area contributed by atoms with Gasteiger partial charge in [0.25, 0.3) is 0 Å². The Hall–Kier alpha value is -1.59. The fourth-order valence-electron chi connectivity index (χ4n) is 1.68. The van der Waals surface area contributed by atoms with Crippen molar-refractivity contribution in [2.45, 2.75) is 0 Å². The molecule has 1 aliphatic rings. The molecule has 1 aliphatic heterocycles. The van der Waals surface area contributed by atoms with Gasteiger partial charge in [0.1, 0.15) is 12.4 Å². The summed E-state index contributed by atoms with van der Waals surface area (Å²) in [6.07, 6.45) is 4.53. The average Bonchev–Trinajstić information content (AvgIpc) is 2.91. The zero-order valence-electron chi connectivity index (χ0n) is 10.2. The minimum atomic E-state index is -0.348. The molecule has 0 atom stereocenters. The number of esters is 1. The lowest BCUT2D eigenvalue weighted by atomic mass is 10.4. The smallest absolute Gasteiger partial charge is 0.330 e. The molecule has 0 spiro atoms. The summed E-state index contributed by atoms with van der Waals surface area (Å²) in [5.74, 6) is 0.291. The standard InChI is InChI=1S/C13H17NO4/c15-13(4-3-12-2-1-8-17-12)18-11-7-14-5-9-16-10-6-14/h1-4,8H,5-7,9-11H2. The molecular weight excluding hydrogens is 234 g/mol. The number of furan rings is 1. The van der Waals surface area contributed by atoms with Crippen LogP contribution in [0.5, 0.6) is 0 Å². The summed E-state index contributed by atoms with van der Waals surface area (Å²) in [6, 6.07) is 3.54. The quantitative estimate of drug-likeness (QED) is 0.581. The monoisotopic (exact) mass is 251 g/mol. The Labute approximate surface area is 106 Å². The van der Waals surface area contributed by atoms with Gasteiger partial charge in [-0.2, -0.15) is 0 Å². The first-order valence-electron chi connectivity index (χ1n) is 6.03. The molecule has 2 heterocycles. The van der Waals surface area contributed by atoms with Crippen molar-refractivity contribution in [1.29, 1.82) is 0 Å². The summed E-state index contributed by atoms with van der Waals surface area (Å²) in [5.41, 5.74) is 0. The van der Waals surface area contributed by atoms with Crippen molar-refractivity contribution in [3.05, 3.63) is 30.2 Å². The van der Waals surface area contributed by atoms with Crippen molar-refractivity contribution >= 4 is 12.0 Å². The molecule has 5 nitrogen and oxygen atoms in total. The largest absolute Gasteiger partial charge is 0.465 e. The molecule has 0 unspecified atom stereocenters. The zero-order chi connectivity index (χ0) is 12.6. The summed E-state index contributed by atoms with van der Waals surface area (Å²) >= 11 is 0. The molecule has 0 amide bonds. The van der Waals surface area contributed by atoms with Crippen LogP contribution in [0, 0.1) is 0 Å². The highest BCUT2D eigenvalue weighted by atomic mass is 16.5. The van der Waals surface area contributed by atoms with E-state index in [0.717, 1.165) is 32.8 Å². The van der Waals surface area contributed by atoms with Gasteiger partial charge < -0.3 is 13.9 Å². The van der Waals surface area contributed by atoms with Crippen LogP contribution >= 0.6 is 0 Å². The van der Waals surface area contributed by atoms with E-state index in [9.17, 15) is 4.79 Å². The lowest BCUT2D eigenvalue weighted by molar-refractivity contribution is -0.138. The second kappa shape index (κ2) is 6.98. The first-order valence-corrected chi connectivity index (χ1v) is 6.03. The van der Waals surface area contributed by atoms with Crippen LogP contribution < -0.4 is 0 Å². The van der Waals surface area contributed by atoms with Crippen LogP contribution in [-0.4, -0.2) is 50.3 Å². The number of hydrogen-bond donors (Lipinski definition) is 0. The van der Waals surface area contributed by atoms with E-state index in [1.165, 1.54) is 6.08 Å². The zero-order valence-corrected chi connectivity index (χ0v) is 10.2. The van der Waals surface area contributed by atoms with Gasteiger partial charge in [0.2, 0.25) is 0 Å². The summed E-state index contributed by atoms with van der Waals surface area (Å²) in [4.78, 5) is 13.6. The molecule has 5 heteroatoms. The van der Waals surface area contributed by atoms with Gasteiger partial charge >= 0.3 is 5.97 Å². The Kier molecular flexibility index (Phi) is 4.99. The number of ether oxygens (including phenoxy) is 2. The van der Waals surface area contributed by atoms with E-state index in [0.29, 0.717) is 12.4 Å². The highest BCUT2D eigenvalue weighted by Crippen LogP contribution is 2.02. The molecule has 0 aromatic carbocycles. The first kappa shape index (κ1) is 12.9. The third kappa shape index (κ3) is 4.35. The second-order valence-corrected chi connectivity index (χ2v) is 3.97. The van der Waals surface area contributed by atoms with Crippen LogP contribution in [0.15, 0.2) is 28.9 Å². The van der Waals surface area contributed by atoms with E-state index < -0.39 is 0 Å². The van der Waals surface area contributed by atoms with Gasteiger partial charge in [-0.3, -0.25) is 4.90 Å². The number of carbonyl (C=O) groups is 1. The topological polar surface area (TPSA) is 51.9 Å². The van der Waals surface area contributed by atoms with Crippen molar-refractivity contribution in [3.63, 3.8) is 0 Å². The van der Waals surface area contributed by atoms with Crippen molar-refractivity contribution in [2.24, 2.45) is 0 Å². The van der Waals surface area contributed by atoms with Crippen LogP contribution in [-0.2, 0) is 14.3 Å².